The Labute approximate surface area is 102 Å². The Bertz CT molecular complexity index is 616. The molecule has 0 aliphatic carbocycles. The maximum Gasteiger partial charge on any atom is 0.349 e. The molecule has 1 aromatic heterocycles. The van der Waals surface area contributed by atoms with Crippen LogP contribution < -0.4 is 0 Å². The van der Waals surface area contributed by atoms with Crippen LogP contribution in [0.25, 0.3) is 10.9 Å². The van der Waals surface area contributed by atoms with Gasteiger partial charge in [0.25, 0.3) is 0 Å². The van der Waals surface area contributed by atoms with E-state index in [0.717, 1.165) is 6.92 Å². The van der Waals surface area contributed by atoms with E-state index in [9.17, 15) is 14.7 Å². The number of ether oxygens (including phenoxy) is 1. The zero-order chi connectivity index (χ0) is 13.3. The molecular weight excluding hydrogens is 238 g/mol. The normalized spacial score (nSPS) is 12.3. The van der Waals surface area contributed by atoms with Gasteiger partial charge in [0.2, 0.25) is 6.10 Å². The van der Waals surface area contributed by atoms with Crippen molar-refractivity contribution in [3.05, 3.63) is 30.0 Å². The van der Waals surface area contributed by atoms with Crippen molar-refractivity contribution < 1.29 is 24.5 Å². The van der Waals surface area contributed by atoms with Crippen LogP contribution in [0.1, 0.15) is 18.6 Å². The monoisotopic (exact) mass is 249 g/mol. The van der Waals surface area contributed by atoms with Crippen LogP contribution in [0.4, 0.5) is 0 Å². The summed E-state index contributed by atoms with van der Waals surface area (Å²) in [6.45, 7) is 1.14. The molecule has 0 saturated heterocycles. The van der Waals surface area contributed by atoms with E-state index in [1.807, 2.05) is 0 Å². The number of esters is 1. The highest BCUT2D eigenvalue weighted by atomic mass is 16.6. The third-order valence-corrected chi connectivity index (χ3v) is 2.49. The Hall–Kier alpha value is -2.50. The number of carboxylic acid groups (broad SMARTS) is 1. The third-order valence-electron chi connectivity index (χ3n) is 2.49. The molecule has 0 saturated carbocycles. The molecule has 0 radical (unpaired) electrons. The summed E-state index contributed by atoms with van der Waals surface area (Å²) in [6.07, 6.45) is 0.0595. The van der Waals surface area contributed by atoms with E-state index in [4.69, 9.17) is 9.84 Å². The topological polar surface area (TPSA) is 99.6 Å². The summed E-state index contributed by atoms with van der Waals surface area (Å²) in [5.74, 6) is -1.94. The fraction of sp³-hybridized carbons (Fsp3) is 0.167. The highest BCUT2D eigenvalue weighted by Crippen LogP contribution is 2.29. The number of hydrogen-bond acceptors (Lipinski definition) is 4. The number of hydrogen-bond donors (Lipinski definition) is 3. The van der Waals surface area contributed by atoms with E-state index < -0.39 is 18.0 Å². The van der Waals surface area contributed by atoms with Crippen molar-refractivity contribution in [3.63, 3.8) is 0 Å². The number of carbonyl (C=O) groups excluding carboxylic acids is 1. The number of phenols is 1. The van der Waals surface area contributed by atoms with Gasteiger partial charge in [0.1, 0.15) is 5.75 Å². The summed E-state index contributed by atoms with van der Waals surface area (Å²) in [5.41, 5.74) is 0.949. The molecule has 0 amide bonds. The lowest BCUT2D eigenvalue weighted by Crippen LogP contribution is -2.17. The molecule has 18 heavy (non-hydrogen) atoms. The minimum atomic E-state index is -1.39. The van der Waals surface area contributed by atoms with Gasteiger partial charge < -0.3 is 19.9 Å². The van der Waals surface area contributed by atoms with Crippen LogP contribution in [0.2, 0.25) is 0 Å². The first-order valence-electron chi connectivity index (χ1n) is 5.19. The van der Waals surface area contributed by atoms with E-state index in [2.05, 4.69) is 4.98 Å². The van der Waals surface area contributed by atoms with Gasteiger partial charge in [-0.25, -0.2) is 4.79 Å². The van der Waals surface area contributed by atoms with Crippen LogP contribution in [0.3, 0.4) is 0 Å². The Balaban J connectivity index is 2.53. The van der Waals surface area contributed by atoms with Gasteiger partial charge in [0.15, 0.2) is 0 Å². The summed E-state index contributed by atoms with van der Waals surface area (Å²) >= 11 is 0. The second-order valence-electron chi connectivity index (χ2n) is 3.80. The summed E-state index contributed by atoms with van der Waals surface area (Å²) in [6, 6.07) is 4.51. The molecular formula is C12H11NO5. The molecule has 94 valence electrons. The first-order chi connectivity index (χ1) is 8.49. The Morgan fingerprint density at radius 2 is 2.11 bits per heavy atom. The molecule has 0 spiro atoms. The predicted molar refractivity (Wildman–Crippen MR) is 62.1 cm³/mol. The molecule has 0 aliphatic rings. The molecule has 6 nitrogen and oxygen atoms in total. The number of carboxylic acids is 1. The van der Waals surface area contributed by atoms with Crippen molar-refractivity contribution in [3.8, 4) is 5.75 Å². The van der Waals surface area contributed by atoms with Crippen molar-refractivity contribution in [1.29, 1.82) is 0 Å². The average molecular weight is 249 g/mol. The van der Waals surface area contributed by atoms with Crippen molar-refractivity contribution in [2.45, 2.75) is 13.0 Å². The fourth-order valence-corrected chi connectivity index (χ4v) is 1.76. The summed E-state index contributed by atoms with van der Waals surface area (Å²) in [4.78, 5) is 24.9. The number of nitrogens with one attached hydrogen (secondary N) is 1. The molecule has 0 aliphatic heterocycles. The van der Waals surface area contributed by atoms with Gasteiger partial charge >= 0.3 is 11.9 Å². The van der Waals surface area contributed by atoms with Crippen LogP contribution in [-0.2, 0) is 14.3 Å². The Morgan fingerprint density at radius 1 is 1.39 bits per heavy atom. The smallest absolute Gasteiger partial charge is 0.349 e. The second-order valence-corrected chi connectivity index (χ2v) is 3.80. The molecule has 1 atom stereocenters. The maximum absolute atomic E-state index is 11.1. The lowest BCUT2D eigenvalue weighted by atomic mass is 10.1. The number of rotatable bonds is 3. The molecule has 1 heterocycles. The number of aromatic hydroxyl groups is 1. The molecule has 3 N–H and O–H groups in total. The van der Waals surface area contributed by atoms with Gasteiger partial charge in [-0.3, -0.25) is 4.79 Å². The van der Waals surface area contributed by atoms with E-state index in [1.54, 1.807) is 6.07 Å². The summed E-state index contributed by atoms with van der Waals surface area (Å²) in [5, 5.41) is 19.0. The number of aromatic nitrogens is 1. The van der Waals surface area contributed by atoms with E-state index >= 15 is 0 Å². The molecule has 6 heteroatoms. The SMILES string of the molecule is CC(=O)OC(C(=O)O)c1c[nH]c2ccc(O)cc12. The van der Waals surface area contributed by atoms with E-state index in [-0.39, 0.29) is 5.75 Å². The number of aromatic amines is 1. The van der Waals surface area contributed by atoms with Crippen LogP contribution >= 0.6 is 0 Å². The largest absolute Gasteiger partial charge is 0.508 e. The molecule has 0 bridgehead atoms. The van der Waals surface area contributed by atoms with Crippen molar-refractivity contribution in [1.82, 2.24) is 4.98 Å². The van der Waals surface area contributed by atoms with Crippen molar-refractivity contribution in [2.75, 3.05) is 0 Å². The number of aliphatic carboxylic acids is 1. The van der Waals surface area contributed by atoms with Gasteiger partial charge in [-0.05, 0) is 18.2 Å². The van der Waals surface area contributed by atoms with Gasteiger partial charge in [-0.2, -0.15) is 0 Å². The molecule has 0 fully saturated rings. The standard InChI is InChI=1S/C12H11NO5/c1-6(14)18-11(12(16)17)9-5-13-10-3-2-7(15)4-8(9)10/h2-5,11,13,15H,1H3,(H,16,17). The average Bonchev–Trinajstić information content (AvgIpc) is 2.68. The number of benzene rings is 1. The van der Waals surface area contributed by atoms with E-state index in [1.165, 1.54) is 18.3 Å². The van der Waals surface area contributed by atoms with Gasteiger partial charge in [-0.15, -0.1) is 0 Å². The summed E-state index contributed by atoms with van der Waals surface area (Å²) in [7, 11) is 0. The third kappa shape index (κ3) is 2.13. The lowest BCUT2D eigenvalue weighted by Gasteiger charge is -2.11. The molecule has 1 unspecified atom stereocenters. The Kier molecular flexibility index (Phi) is 2.93. The number of H-pyrrole nitrogens is 1. The van der Waals surface area contributed by atoms with E-state index in [0.29, 0.717) is 16.5 Å². The predicted octanol–water partition coefficient (Wildman–Crippen LogP) is 1.56. The first-order valence-corrected chi connectivity index (χ1v) is 5.19. The zero-order valence-corrected chi connectivity index (χ0v) is 9.51. The number of fused-ring (bicyclic) bond motifs is 1. The van der Waals surface area contributed by atoms with Crippen molar-refractivity contribution >= 4 is 22.8 Å². The van der Waals surface area contributed by atoms with Crippen molar-refractivity contribution in [2.24, 2.45) is 0 Å². The molecule has 2 rings (SSSR count). The van der Waals surface area contributed by atoms with Gasteiger partial charge in [-0.1, -0.05) is 0 Å². The fourth-order valence-electron chi connectivity index (χ4n) is 1.76. The van der Waals surface area contributed by atoms with Gasteiger partial charge in [0.05, 0.1) is 0 Å². The van der Waals surface area contributed by atoms with Crippen LogP contribution in [-0.4, -0.2) is 27.1 Å². The highest BCUT2D eigenvalue weighted by Gasteiger charge is 2.26. The molecule has 1 aromatic carbocycles. The molecule has 2 aromatic rings. The van der Waals surface area contributed by atoms with Crippen LogP contribution in [0.5, 0.6) is 5.75 Å². The quantitative estimate of drug-likeness (QED) is 0.717. The van der Waals surface area contributed by atoms with Crippen LogP contribution in [0, 0.1) is 0 Å². The van der Waals surface area contributed by atoms with Gasteiger partial charge in [0, 0.05) is 29.6 Å². The maximum atomic E-state index is 11.1. The minimum absolute atomic E-state index is 0.00955. The highest BCUT2D eigenvalue weighted by molar-refractivity contribution is 5.90. The Morgan fingerprint density at radius 3 is 2.72 bits per heavy atom. The number of phenolic OH excluding ortho intramolecular Hbond substituents is 1. The minimum Gasteiger partial charge on any atom is -0.508 e. The number of carbonyl (C=O) groups is 2. The second kappa shape index (κ2) is 4.40. The lowest BCUT2D eigenvalue weighted by molar-refractivity contribution is -0.163. The zero-order valence-electron chi connectivity index (χ0n) is 9.51. The summed E-state index contributed by atoms with van der Waals surface area (Å²) < 4.78 is 4.76. The van der Waals surface area contributed by atoms with Crippen LogP contribution in [0.15, 0.2) is 24.4 Å². The first kappa shape index (κ1) is 12.0.